The van der Waals surface area contributed by atoms with E-state index in [9.17, 15) is 23.2 Å². The first-order valence-corrected chi connectivity index (χ1v) is 14.8. The predicted molar refractivity (Wildman–Crippen MR) is 152 cm³/mol. The zero-order valence-electron chi connectivity index (χ0n) is 23.4. The van der Waals surface area contributed by atoms with Gasteiger partial charge < -0.3 is 24.8 Å². The first kappa shape index (κ1) is 29.3. The van der Waals surface area contributed by atoms with Crippen molar-refractivity contribution >= 4 is 34.1 Å². The molecule has 4 heterocycles. The van der Waals surface area contributed by atoms with Crippen molar-refractivity contribution in [3.63, 3.8) is 0 Å². The van der Waals surface area contributed by atoms with E-state index in [-0.39, 0.29) is 31.2 Å². The molecule has 5 atom stereocenters. The fraction of sp³-hybridized carbons (Fsp3) is 0.517. The number of nitrogens with zero attached hydrogens (tertiary/aromatic N) is 4. The highest BCUT2D eigenvalue weighted by atomic mass is 32.1. The van der Waals surface area contributed by atoms with Gasteiger partial charge in [-0.1, -0.05) is 32.4 Å². The zero-order chi connectivity index (χ0) is 29.3. The van der Waals surface area contributed by atoms with Crippen LogP contribution in [0.5, 0.6) is 0 Å². The lowest BCUT2D eigenvalue weighted by atomic mass is 9.96. The molecule has 1 aromatic heterocycles. The second-order valence-corrected chi connectivity index (χ2v) is 11.8. The molecule has 1 N–H and O–H groups in total. The SMILES string of the molecule is CCC(C)C(NC(=O)c1ccc(-c2csc(N3CCN(C)CC3)n2)cc1)C(=O)N1CC(C(F)=CF)C2OCC(=O)C21. The van der Waals surface area contributed by atoms with Gasteiger partial charge in [0.15, 0.2) is 10.9 Å². The standard InChI is InChI=1S/C29H35F2N5O4S/c1-4-17(2)24(28(39)36-14-20(21(31)13-30)26-25(36)23(37)15-40-26)33-27(38)19-7-5-18(6-8-19)22-16-41-29(32-22)35-11-9-34(3)10-12-35/h5-8,13,16-17,20,24-26H,4,9-12,14-15H2,1-3H3,(H,33,38). The minimum absolute atomic E-state index is 0.154. The van der Waals surface area contributed by atoms with Crippen molar-refractivity contribution in [2.45, 2.75) is 38.5 Å². The molecular weight excluding hydrogens is 552 g/mol. The number of nitrogens with one attached hydrogen (secondary N) is 1. The Kier molecular flexibility index (Phi) is 8.81. The van der Waals surface area contributed by atoms with Crippen LogP contribution in [0.1, 0.15) is 30.6 Å². The lowest BCUT2D eigenvalue weighted by Gasteiger charge is -2.32. The molecule has 1 aromatic carbocycles. The number of rotatable bonds is 8. The van der Waals surface area contributed by atoms with Crippen molar-refractivity contribution in [1.29, 1.82) is 0 Å². The number of benzene rings is 1. The zero-order valence-corrected chi connectivity index (χ0v) is 24.2. The van der Waals surface area contributed by atoms with Crippen LogP contribution >= 0.6 is 11.3 Å². The Morgan fingerprint density at radius 1 is 1.22 bits per heavy atom. The normalized spacial score (nSPS) is 24.9. The number of thiazole rings is 1. The predicted octanol–water partition coefficient (Wildman–Crippen LogP) is 3.28. The van der Waals surface area contributed by atoms with Crippen LogP contribution in [0.3, 0.4) is 0 Å². The van der Waals surface area contributed by atoms with Gasteiger partial charge in [-0.3, -0.25) is 14.4 Å². The fourth-order valence-corrected chi connectivity index (χ4v) is 6.51. The molecule has 3 fully saturated rings. The van der Waals surface area contributed by atoms with Crippen LogP contribution in [0.4, 0.5) is 13.9 Å². The van der Waals surface area contributed by atoms with Gasteiger partial charge in [0.05, 0.1) is 17.7 Å². The van der Waals surface area contributed by atoms with Crippen LogP contribution in [0.15, 0.2) is 41.8 Å². The third-order valence-electron chi connectivity index (χ3n) is 8.40. The molecule has 2 amide bonds. The van der Waals surface area contributed by atoms with Gasteiger partial charge in [0, 0.05) is 49.2 Å². The highest BCUT2D eigenvalue weighted by molar-refractivity contribution is 7.14. The average molecular weight is 588 g/mol. The van der Waals surface area contributed by atoms with Crippen LogP contribution in [-0.2, 0) is 14.3 Å². The van der Waals surface area contributed by atoms with E-state index in [1.54, 1.807) is 23.5 Å². The van der Waals surface area contributed by atoms with E-state index in [1.807, 2.05) is 31.4 Å². The lowest BCUT2D eigenvalue weighted by Crippen LogP contribution is -2.54. The van der Waals surface area contributed by atoms with E-state index in [4.69, 9.17) is 9.72 Å². The summed E-state index contributed by atoms with van der Waals surface area (Å²) in [6, 6.07) is 5.07. The number of likely N-dealkylation sites (tertiary alicyclic amines) is 1. The van der Waals surface area contributed by atoms with Gasteiger partial charge in [-0.15, -0.1) is 11.3 Å². The molecule has 2 aromatic rings. The number of piperazine rings is 1. The minimum atomic E-state index is -1.07. The van der Waals surface area contributed by atoms with Gasteiger partial charge in [0.2, 0.25) is 5.91 Å². The number of carbonyl (C=O) groups is 3. The molecule has 0 bridgehead atoms. The van der Waals surface area contributed by atoms with Gasteiger partial charge in [-0.25, -0.2) is 13.8 Å². The van der Waals surface area contributed by atoms with Gasteiger partial charge in [-0.05, 0) is 25.1 Å². The Hall–Kier alpha value is -3.22. The number of anilines is 1. The Morgan fingerprint density at radius 2 is 1.93 bits per heavy atom. The summed E-state index contributed by atoms with van der Waals surface area (Å²) in [6.45, 7) is 7.10. The summed E-state index contributed by atoms with van der Waals surface area (Å²) in [5.74, 6) is -3.71. The number of carbonyl (C=O) groups excluding carboxylic acids is 3. The second-order valence-electron chi connectivity index (χ2n) is 11.0. The topological polar surface area (TPSA) is 95.1 Å². The number of fused-ring (bicyclic) bond motifs is 1. The molecule has 0 saturated carbocycles. The molecule has 3 aliphatic rings. The number of hydrogen-bond donors (Lipinski definition) is 1. The van der Waals surface area contributed by atoms with E-state index < -0.39 is 41.7 Å². The molecule has 3 aliphatic heterocycles. The fourth-order valence-electron chi connectivity index (χ4n) is 5.63. The average Bonchev–Trinajstić information content (AvgIpc) is 3.72. The smallest absolute Gasteiger partial charge is 0.251 e. The second kappa shape index (κ2) is 12.3. The summed E-state index contributed by atoms with van der Waals surface area (Å²) in [5.41, 5.74) is 2.08. The molecule has 5 unspecified atom stereocenters. The summed E-state index contributed by atoms with van der Waals surface area (Å²) in [4.78, 5) is 50.1. The summed E-state index contributed by atoms with van der Waals surface area (Å²) >= 11 is 1.60. The highest BCUT2D eigenvalue weighted by Gasteiger charge is 2.54. The number of ketones is 1. The van der Waals surface area contributed by atoms with Crippen molar-refractivity contribution in [2.75, 3.05) is 51.3 Å². The molecule has 5 rings (SSSR count). The highest BCUT2D eigenvalue weighted by Crippen LogP contribution is 2.37. The molecule has 0 spiro atoms. The molecule has 41 heavy (non-hydrogen) atoms. The van der Waals surface area contributed by atoms with Crippen molar-refractivity contribution in [3.05, 3.63) is 47.4 Å². The van der Waals surface area contributed by atoms with Gasteiger partial charge in [0.25, 0.3) is 5.91 Å². The van der Waals surface area contributed by atoms with E-state index in [2.05, 4.69) is 22.2 Å². The van der Waals surface area contributed by atoms with Crippen LogP contribution < -0.4 is 10.2 Å². The maximum absolute atomic E-state index is 14.2. The summed E-state index contributed by atoms with van der Waals surface area (Å²) in [6.07, 6.45) is -0.524. The Labute approximate surface area is 242 Å². The Bertz CT molecular complexity index is 1310. The first-order chi connectivity index (χ1) is 19.7. The van der Waals surface area contributed by atoms with Crippen molar-refractivity contribution in [3.8, 4) is 11.3 Å². The van der Waals surface area contributed by atoms with Crippen LogP contribution in [0, 0.1) is 11.8 Å². The van der Waals surface area contributed by atoms with Crippen molar-refractivity contribution < 1.29 is 27.9 Å². The molecule has 0 radical (unpaired) electrons. The third-order valence-corrected chi connectivity index (χ3v) is 9.30. The van der Waals surface area contributed by atoms with Crippen LogP contribution in [0.25, 0.3) is 11.3 Å². The van der Waals surface area contributed by atoms with Gasteiger partial charge >= 0.3 is 0 Å². The summed E-state index contributed by atoms with van der Waals surface area (Å²) in [5, 5.41) is 5.82. The van der Waals surface area contributed by atoms with E-state index in [0.29, 0.717) is 12.0 Å². The maximum atomic E-state index is 14.2. The lowest BCUT2D eigenvalue weighted by molar-refractivity contribution is -0.139. The molecular formula is C29H35F2N5O4S. The minimum Gasteiger partial charge on any atom is -0.367 e. The Morgan fingerprint density at radius 3 is 2.59 bits per heavy atom. The summed E-state index contributed by atoms with van der Waals surface area (Å²) in [7, 11) is 2.11. The molecule has 220 valence electrons. The van der Waals surface area contributed by atoms with Crippen molar-refractivity contribution in [1.82, 2.24) is 20.1 Å². The molecule has 12 heteroatoms. The first-order valence-electron chi connectivity index (χ1n) is 13.9. The van der Waals surface area contributed by atoms with E-state index >= 15 is 0 Å². The quantitative estimate of drug-likeness (QED) is 0.507. The number of hydrogen-bond acceptors (Lipinski definition) is 8. The number of halogens is 2. The molecule has 3 saturated heterocycles. The van der Waals surface area contributed by atoms with Gasteiger partial charge in [0.1, 0.15) is 30.8 Å². The monoisotopic (exact) mass is 587 g/mol. The number of likely N-dealkylation sites (N-methyl/N-ethyl adjacent to an activating group) is 1. The number of aromatic nitrogens is 1. The number of Topliss-reactive ketones (excluding diaryl/α,β-unsaturated/α-hetero) is 1. The van der Waals surface area contributed by atoms with Crippen LogP contribution in [-0.4, -0.2) is 96.9 Å². The van der Waals surface area contributed by atoms with E-state index in [1.165, 1.54) is 4.90 Å². The van der Waals surface area contributed by atoms with E-state index in [0.717, 1.165) is 42.6 Å². The van der Waals surface area contributed by atoms with Crippen LogP contribution in [0.2, 0.25) is 0 Å². The Balaban J connectivity index is 1.29. The largest absolute Gasteiger partial charge is 0.367 e. The number of ether oxygens (including phenoxy) is 1. The molecule has 9 nitrogen and oxygen atoms in total. The van der Waals surface area contributed by atoms with Gasteiger partial charge in [-0.2, -0.15) is 0 Å². The molecule has 0 aliphatic carbocycles. The van der Waals surface area contributed by atoms with Crippen molar-refractivity contribution in [2.24, 2.45) is 11.8 Å². The number of amides is 2. The summed E-state index contributed by atoms with van der Waals surface area (Å²) < 4.78 is 32.7. The third kappa shape index (κ3) is 5.91. The maximum Gasteiger partial charge on any atom is 0.251 e.